The Hall–Kier alpha value is -2.70. The van der Waals surface area contributed by atoms with Crippen molar-refractivity contribution in [3.05, 3.63) is 65.5 Å². The van der Waals surface area contributed by atoms with Gasteiger partial charge in [0, 0.05) is 30.8 Å². The zero-order valence-corrected chi connectivity index (χ0v) is 14.1. The minimum atomic E-state index is -0.770. The summed E-state index contributed by atoms with van der Waals surface area (Å²) in [6.07, 6.45) is 1.54. The smallest absolute Gasteiger partial charge is 0.270 e. The number of ether oxygens (including phenoxy) is 1. The van der Waals surface area contributed by atoms with Crippen LogP contribution in [0.2, 0.25) is 0 Å². The predicted molar refractivity (Wildman–Crippen MR) is 95.6 cm³/mol. The first-order valence-corrected chi connectivity index (χ1v) is 8.86. The normalized spacial score (nSPS) is 25.0. The van der Waals surface area contributed by atoms with Gasteiger partial charge in [-0.15, -0.1) is 0 Å². The molecule has 1 aromatic carbocycles. The second-order valence-electron chi connectivity index (χ2n) is 6.94. The highest BCUT2D eigenvalue weighted by atomic mass is 16.7. The van der Waals surface area contributed by atoms with Crippen molar-refractivity contribution in [2.24, 2.45) is 0 Å². The lowest BCUT2D eigenvalue weighted by Crippen LogP contribution is -2.28. The van der Waals surface area contributed by atoms with Crippen LogP contribution in [0.5, 0.6) is 0 Å². The minimum Gasteiger partial charge on any atom is -0.366 e. The number of carbonyl (C=O) groups is 1. The second kappa shape index (κ2) is 5.93. The highest BCUT2D eigenvalue weighted by molar-refractivity contribution is 5.98. The Bertz CT molecular complexity index is 969. The molecule has 0 spiro atoms. The first-order valence-electron chi connectivity index (χ1n) is 8.86. The number of amides is 1. The minimum absolute atomic E-state index is 0.00959. The molecule has 0 bridgehead atoms. The number of epoxide rings is 1. The first kappa shape index (κ1) is 15.5. The Labute approximate surface area is 150 Å². The number of H-pyrrole nitrogens is 1. The van der Waals surface area contributed by atoms with Gasteiger partial charge in [-0.25, -0.2) is 0 Å². The zero-order valence-electron chi connectivity index (χ0n) is 14.1. The van der Waals surface area contributed by atoms with Gasteiger partial charge in [-0.2, -0.15) is 0 Å². The summed E-state index contributed by atoms with van der Waals surface area (Å²) in [4.78, 5) is 22.4. The number of carbonyl (C=O) groups excluding carboxylic acids is 1. The molecule has 0 radical (unpaired) electrons. The van der Waals surface area contributed by atoms with Crippen molar-refractivity contribution in [1.82, 2.24) is 14.9 Å². The van der Waals surface area contributed by atoms with Crippen molar-refractivity contribution in [2.75, 3.05) is 13.1 Å². The van der Waals surface area contributed by atoms with Gasteiger partial charge in [0.2, 0.25) is 0 Å². The number of aliphatic hydroxyl groups is 1. The number of aromatic amines is 1. The fraction of sp³-hybridized carbons (Fsp3) is 0.300. The van der Waals surface area contributed by atoms with Crippen LogP contribution in [0.25, 0.3) is 11.0 Å². The van der Waals surface area contributed by atoms with Crippen LogP contribution in [-0.4, -0.2) is 45.3 Å². The molecule has 4 heterocycles. The van der Waals surface area contributed by atoms with Gasteiger partial charge in [-0.3, -0.25) is 9.78 Å². The molecular weight excluding hydrogens is 330 g/mol. The molecule has 6 heteroatoms. The molecule has 0 saturated carbocycles. The third-order valence-electron chi connectivity index (χ3n) is 5.31. The van der Waals surface area contributed by atoms with Crippen LogP contribution in [-0.2, 0) is 4.74 Å². The maximum atomic E-state index is 12.9. The molecular formula is C20H19N3O3. The Balaban J connectivity index is 1.39. The molecule has 6 nitrogen and oxygen atoms in total. The van der Waals surface area contributed by atoms with E-state index in [1.165, 1.54) is 5.56 Å². The number of hydrogen-bond acceptors (Lipinski definition) is 4. The third-order valence-corrected chi connectivity index (χ3v) is 5.31. The standard InChI is InChI=1S/C20H19N3O3/c24-19(23-9-7-13(11-23)12-4-2-1-3-5-12)16-10-15-17(22-16)14(6-8-21-15)18-20(25)26-18/h1-6,8,10,13,18,20,22,25H,7,9,11H2. The highest BCUT2D eigenvalue weighted by Gasteiger charge is 2.40. The molecule has 2 fully saturated rings. The van der Waals surface area contributed by atoms with Crippen molar-refractivity contribution in [1.29, 1.82) is 0 Å². The van der Waals surface area contributed by atoms with E-state index in [1.807, 2.05) is 29.2 Å². The van der Waals surface area contributed by atoms with E-state index in [0.717, 1.165) is 30.6 Å². The van der Waals surface area contributed by atoms with Gasteiger partial charge in [-0.05, 0) is 24.1 Å². The lowest BCUT2D eigenvalue weighted by Gasteiger charge is -2.15. The first-order chi connectivity index (χ1) is 12.7. The lowest BCUT2D eigenvalue weighted by molar-refractivity contribution is 0.0786. The van der Waals surface area contributed by atoms with Gasteiger partial charge in [0.1, 0.15) is 11.8 Å². The monoisotopic (exact) mass is 349 g/mol. The van der Waals surface area contributed by atoms with Crippen molar-refractivity contribution in [3.8, 4) is 0 Å². The van der Waals surface area contributed by atoms with Crippen molar-refractivity contribution >= 4 is 16.9 Å². The number of likely N-dealkylation sites (tertiary alicyclic amines) is 1. The van der Waals surface area contributed by atoms with Crippen molar-refractivity contribution in [2.45, 2.75) is 24.7 Å². The van der Waals surface area contributed by atoms with Crippen LogP contribution in [0, 0.1) is 0 Å². The van der Waals surface area contributed by atoms with Crippen LogP contribution in [0.4, 0.5) is 0 Å². The third kappa shape index (κ3) is 2.58. The van der Waals surface area contributed by atoms with Crippen molar-refractivity contribution < 1.29 is 14.6 Å². The summed E-state index contributed by atoms with van der Waals surface area (Å²) in [5.74, 6) is 0.373. The van der Waals surface area contributed by atoms with Gasteiger partial charge in [0.05, 0.1) is 11.0 Å². The topological polar surface area (TPSA) is 81.7 Å². The number of nitrogens with one attached hydrogen (secondary N) is 1. The number of benzene rings is 1. The Morgan fingerprint density at radius 3 is 2.85 bits per heavy atom. The van der Waals surface area contributed by atoms with E-state index in [-0.39, 0.29) is 12.0 Å². The van der Waals surface area contributed by atoms with Gasteiger partial charge in [0.25, 0.3) is 5.91 Å². The number of nitrogens with zero attached hydrogens (tertiary/aromatic N) is 2. The number of hydrogen-bond donors (Lipinski definition) is 2. The molecule has 26 heavy (non-hydrogen) atoms. The largest absolute Gasteiger partial charge is 0.366 e. The summed E-state index contributed by atoms with van der Waals surface area (Å²) >= 11 is 0. The van der Waals surface area contributed by atoms with Crippen LogP contribution >= 0.6 is 0 Å². The molecule has 5 rings (SSSR count). The molecule has 2 saturated heterocycles. The van der Waals surface area contributed by atoms with Crippen LogP contribution in [0.15, 0.2) is 48.7 Å². The summed E-state index contributed by atoms with van der Waals surface area (Å²) in [5.41, 5.74) is 4.13. The van der Waals surface area contributed by atoms with E-state index in [4.69, 9.17) is 4.74 Å². The summed E-state index contributed by atoms with van der Waals surface area (Å²) in [6.45, 7) is 1.47. The maximum absolute atomic E-state index is 12.9. The maximum Gasteiger partial charge on any atom is 0.270 e. The van der Waals surface area contributed by atoms with Gasteiger partial charge in [0.15, 0.2) is 6.29 Å². The summed E-state index contributed by atoms with van der Waals surface area (Å²) < 4.78 is 5.16. The summed E-state index contributed by atoms with van der Waals surface area (Å²) in [7, 11) is 0. The molecule has 0 aliphatic carbocycles. The predicted octanol–water partition coefficient (Wildman–Crippen LogP) is 2.58. The Kier molecular flexibility index (Phi) is 3.55. The molecule has 3 aromatic rings. The summed E-state index contributed by atoms with van der Waals surface area (Å²) in [5, 5.41) is 9.53. The average molecular weight is 349 g/mol. The molecule has 3 atom stereocenters. The molecule has 2 aliphatic heterocycles. The van der Waals surface area contributed by atoms with E-state index >= 15 is 0 Å². The zero-order chi connectivity index (χ0) is 17.7. The van der Waals surface area contributed by atoms with E-state index in [0.29, 0.717) is 17.1 Å². The summed E-state index contributed by atoms with van der Waals surface area (Å²) in [6, 6.07) is 13.9. The molecule has 2 aromatic heterocycles. The van der Waals surface area contributed by atoms with E-state index in [2.05, 4.69) is 22.1 Å². The number of pyridine rings is 1. The van der Waals surface area contributed by atoms with E-state index < -0.39 is 6.29 Å². The second-order valence-corrected chi connectivity index (χ2v) is 6.94. The number of fused-ring (bicyclic) bond motifs is 1. The fourth-order valence-electron chi connectivity index (χ4n) is 3.84. The lowest BCUT2D eigenvalue weighted by atomic mass is 9.99. The van der Waals surface area contributed by atoms with Crippen LogP contribution < -0.4 is 0 Å². The molecule has 2 aliphatic rings. The van der Waals surface area contributed by atoms with Crippen LogP contribution in [0.1, 0.15) is 40.1 Å². The average Bonchev–Trinajstić information content (AvgIpc) is 3.08. The Morgan fingerprint density at radius 1 is 1.27 bits per heavy atom. The van der Waals surface area contributed by atoms with Crippen LogP contribution in [0.3, 0.4) is 0 Å². The van der Waals surface area contributed by atoms with Crippen molar-refractivity contribution in [3.63, 3.8) is 0 Å². The Morgan fingerprint density at radius 2 is 2.08 bits per heavy atom. The van der Waals surface area contributed by atoms with Gasteiger partial charge in [-0.1, -0.05) is 30.3 Å². The number of rotatable bonds is 3. The number of aromatic nitrogens is 2. The molecule has 3 unspecified atom stereocenters. The van der Waals surface area contributed by atoms with E-state index in [9.17, 15) is 9.90 Å². The highest BCUT2D eigenvalue weighted by Crippen LogP contribution is 2.39. The SMILES string of the molecule is O=C(c1cc2nccc(C3OC3O)c2[nH]1)N1CCC(c2ccccc2)C1. The van der Waals surface area contributed by atoms with Gasteiger partial charge >= 0.3 is 0 Å². The quantitative estimate of drug-likeness (QED) is 0.712. The fourth-order valence-corrected chi connectivity index (χ4v) is 3.84. The molecule has 1 amide bonds. The number of aliphatic hydroxyl groups excluding tert-OH is 1. The molecule has 132 valence electrons. The van der Waals surface area contributed by atoms with E-state index in [1.54, 1.807) is 12.3 Å². The van der Waals surface area contributed by atoms with Gasteiger partial charge < -0.3 is 19.7 Å². The molecule has 2 N–H and O–H groups in total.